The fourth-order valence-electron chi connectivity index (χ4n) is 0. The molecule has 10 heavy (non-hydrogen) atoms. The third kappa shape index (κ3) is 968. The first-order valence-electron chi connectivity index (χ1n) is 1.28. The van der Waals surface area contributed by atoms with Crippen molar-refractivity contribution in [1.29, 1.82) is 0 Å². The summed E-state index contributed by atoms with van der Waals surface area (Å²) in [6, 6.07) is 0. The summed E-state index contributed by atoms with van der Waals surface area (Å²) in [5, 5.41) is 29.2. The van der Waals surface area contributed by atoms with E-state index in [0.29, 0.717) is 0 Å². The van der Waals surface area contributed by atoms with E-state index in [2.05, 4.69) is 0 Å². The molecule has 0 fully saturated rings. The summed E-state index contributed by atoms with van der Waals surface area (Å²) in [7, 11) is 0. The molecule has 1 unspecified atom stereocenters. The van der Waals surface area contributed by atoms with Gasteiger partial charge in [0.25, 0.3) is 0 Å². The van der Waals surface area contributed by atoms with Crippen LogP contribution in [-0.2, 0) is 0 Å². The molecule has 0 aromatic carbocycles. The van der Waals surface area contributed by atoms with Crippen molar-refractivity contribution < 1.29 is 81.4 Å². The summed E-state index contributed by atoms with van der Waals surface area (Å²) in [5.74, 6) is 0. The molecular formula is C2H6AsKO6. The minimum Gasteiger partial charge on any atom is 1.00 e. The van der Waals surface area contributed by atoms with Crippen molar-refractivity contribution >= 4 is 30.3 Å². The molecule has 0 aliphatic heterocycles. The van der Waals surface area contributed by atoms with Gasteiger partial charge in [-0.05, 0) is 0 Å². The second-order valence-electron chi connectivity index (χ2n) is 0.548. The Labute approximate surface area is 110 Å². The molecule has 0 aromatic rings. The predicted molar refractivity (Wildman–Crippen MR) is 28.6 cm³/mol. The van der Waals surface area contributed by atoms with Gasteiger partial charge in [-0.15, -0.1) is 0 Å². The van der Waals surface area contributed by atoms with Crippen LogP contribution in [0.5, 0.6) is 0 Å². The molecule has 1 atom stereocenters. The molecule has 0 aliphatic rings. The Balaban J connectivity index is -0.0000000300. The van der Waals surface area contributed by atoms with E-state index in [4.69, 9.17) is 30.0 Å². The molecule has 0 rings (SSSR count). The van der Waals surface area contributed by atoms with E-state index in [1.54, 1.807) is 0 Å². The predicted octanol–water partition coefficient (Wildman–Crippen LogP) is -5.07. The number of hydrogen-bond donors (Lipinski definition) is 3. The molecule has 0 amide bonds. The molecule has 0 saturated heterocycles. The maximum absolute atomic E-state index is 8.56. The Morgan fingerprint density at radius 3 is 1.10 bits per heavy atom. The van der Waals surface area contributed by atoms with Gasteiger partial charge in [-0.25, -0.2) is 4.79 Å². The van der Waals surface area contributed by atoms with Crippen molar-refractivity contribution in [3.05, 3.63) is 0 Å². The number of carbonyl (C=O) groups is 2. The fraction of sp³-hybridized carbons (Fsp3) is 0. The van der Waals surface area contributed by atoms with Gasteiger partial charge >= 0.3 is 75.5 Å². The van der Waals surface area contributed by atoms with Crippen molar-refractivity contribution in [1.82, 2.24) is 0 Å². The van der Waals surface area contributed by atoms with Gasteiger partial charge < -0.3 is 25.2 Å². The van der Waals surface area contributed by atoms with Crippen LogP contribution in [0.4, 0.5) is 9.59 Å². The van der Waals surface area contributed by atoms with E-state index in [0.717, 1.165) is 0 Å². The van der Waals surface area contributed by atoms with Crippen molar-refractivity contribution in [3.63, 3.8) is 0 Å². The van der Waals surface area contributed by atoms with Gasteiger partial charge in [0.05, 0.1) is 0 Å². The van der Waals surface area contributed by atoms with Crippen LogP contribution in [-0.4, -0.2) is 45.6 Å². The third-order valence-electron chi connectivity index (χ3n) is 0. The molecule has 0 spiro atoms. The first-order valence-corrected chi connectivity index (χ1v) is 1.28. The van der Waals surface area contributed by atoms with Gasteiger partial charge in [0.1, 0.15) is 0 Å². The van der Waals surface area contributed by atoms with Crippen LogP contribution in [0.2, 0.25) is 0 Å². The topological polar surface area (TPSA) is 118 Å². The van der Waals surface area contributed by atoms with E-state index in [-0.39, 0.29) is 69.3 Å². The molecule has 0 bridgehead atoms. The zero-order valence-electron chi connectivity index (χ0n) is 5.27. The zero-order valence-corrected chi connectivity index (χ0v) is 11.4. The smallest absolute Gasteiger partial charge is 1.00 e. The SMILES string of the molecule is O=C(O)O.O=C([O-])O.[AsH3].[K+]. The molecule has 3 N–H and O–H groups in total. The first kappa shape index (κ1) is 22.4. The molecule has 0 aromatic heterocycles. The molecule has 0 saturated carbocycles. The Morgan fingerprint density at radius 1 is 1.10 bits per heavy atom. The zero-order chi connectivity index (χ0) is 7.15. The molecule has 56 valence electrons. The summed E-state index contributed by atoms with van der Waals surface area (Å²) >= 11 is 0. The van der Waals surface area contributed by atoms with Gasteiger partial charge in [0, 0.05) is 0 Å². The van der Waals surface area contributed by atoms with Crippen molar-refractivity contribution in [2.45, 2.75) is 0 Å². The molecule has 0 heterocycles. The maximum Gasteiger partial charge on any atom is 1.00 e. The number of carboxylic acid groups (broad SMARTS) is 4. The molecule has 0 radical (unpaired) electrons. The third-order valence-corrected chi connectivity index (χ3v) is 0. The van der Waals surface area contributed by atoms with E-state index in [1.807, 2.05) is 0 Å². The maximum atomic E-state index is 8.56. The molecule has 0 aliphatic carbocycles. The van der Waals surface area contributed by atoms with E-state index in [9.17, 15) is 0 Å². The van der Waals surface area contributed by atoms with Crippen LogP contribution in [0.1, 0.15) is 0 Å². The summed E-state index contributed by atoms with van der Waals surface area (Å²) in [6.07, 6.45) is -3.92. The summed E-state index contributed by atoms with van der Waals surface area (Å²) in [6.45, 7) is 0. The quantitative estimate of drug-likeness (QED) is 0.365. The standard InChI is InChI=1S/2CH2O3.AsH3.K/c2*2-1(3)4;;/h2*(H2,2,3,4);1H3;/q;;;+1/p-1. The minimum atomic E-state index is -2.08. The first-order chi connectivity index (χ1) is 3.46. The van der Waals surface area contributed by atoms with Crippen LogP contribution >= 0.6 is 0 Å². The van der Waals surface area contributed by atoms with Gasteiger partial charge in [0.15, 0.2) is 0 Å². The average molecular weight is 240 g/mol. The molecule has 6 nitrogen and oxygen atoms in total. The Bertz CT molecular complexity index is 73.7. The summed E-state index contributed by atoms with van der Waals surface area (Å²) in [5.41, 5.74) is 0. The van der Waals surface area contributed by atoms with Crippen LogP contribution in [0, 0.1) is 0 Å². The van der Waals surface area contributed by atoms with Crippen LogP contribution in [0.15, 0.2) is 0 Å². The van der Waals surface area contributed by atoms with Crippen LogP contribution in [0.25, 0.3) is 0 Å². The Kier molecular flexibility index (Phi) is 36.7. The van der Waals surface area contributed by atoms with Gasteiger partial charge in [-0.2, -0.15) is 0 Å². The van der Waals surface area contributed by atoms with Crippen LogP contribution < -0.4 is 56.5 Å². The molecular weight excluding hydrogens is 234 g/mol. The van der Waals surface area contributed by atoms with Crippen molar-refractivity contribution in [3.8, 4) is 0 Å². The Morgan fingerprint density at radius 2 is 1.10 bits per heavy atom. The number of rotatable bonds is 0. The van der Waals surface area contributed by atoms with Crippen LogP contribution in [0.3, 0.4) is 0 Å². The van der Waals surface area contributed by atoms with E-state index < -0.39 is 12.3 Å². The second-order valence-corrected chi connectivity index (χ2v) is 0.548. The summed E-state index contributed by atoms with van der Waals surface area (Å²) < 4.78 is 0. The number of hydrogen-bond acceptors (Lipinski definition) is 3. The van der Waals surface area contributed by atoms with Crippen molar-refractivity contribution in [2.24, 2.45) is 0 Å². The van der Waals surface area contributed by atoms with E-state index >= 15 is 0 Å². The molecule has 8 heteroatoms. The minimum absolute atomic E-state index is 0. The second kappa shape index (κ2) is 16.4. The monoisotopic (exact) mass is 240 g/mol. The van der Waals surface area contributed by atoms with Gasteiger partial charge in [0.2, 0.25) is 6.16 Å². The van der Waals surface area contributed by atoms with Crippen molar-refractivity contribution in [2.75, 3.05) is 0 Å². The Hall–Kier alpha value is 0.735. The largest absolute Gasteiger partial charge is 1.00 e. The van der Waals surface area contributed by atoms with Gasteiger partial charge in [-0.1, -0.05) is 0 Å². The normalized spacial score (nSPS) is 4.80. The van der Waals surface area contributed by atoms with E-state index in [1.165, 1.54) is 0 Å². The van der Waals surface area contributed by atoms with Gasteiger partial charge in [-0.3, -0.25) is 0 Å². The summed E-state index contributed by atoms with van der Waals surface area (Å²) in [4.78, 5) is 17.0. The fourth-order valence-corrected chi connectivity index (χ4v) is 0. The average Bonchev–Trinajstić information content (AvgIpc) is 1.25.